The molecule has 2 aromatic carbocycles. The smallest absolute Gasteiger partial charge is 0.328 e. The highest BCUT2D eigenvalue weighted by molar-refractivity contribution is 5.83. The molecule has 0 saturated carbocycles. The second-order valence-electron chi connectivity index (χ2n) is 6.30. The number of carbonyl (C=O) groups excluding carboxylic acids is 3. The van der Waals surface area contributed by atoms with E-state index in [1.54, 1.807) is 48.5 Å². The zero-order valence-electron chi connectivity index (χ0n) is 16.5. The Hall–Kier alpha value is -3.39. The molecule has 8 heteroatoms. The molecule has 0 spiro atoms. The van der Waals surface area contributed by atoms with Crippen LogP contribution in [0.4, 0.5) is 0 Å². The van der Waals surface area contributed by atoms with Gasteiger partial charge in [0.2, 0.25) is 5.91 Å². The number of carbonyl (C=O) groups is 3. The van der Waals surface area contributed by atoms with Crippen molar-refractivity contribution in [2.75, 3.05) is 14.2 Å². The third-order valence-corrected chi connectivity index (χ3v) is 4.13. The molecule has 2 rings (SSSR count). The Morgan fingerprint density at radius 3 is 2.21 bits per heavy atom. The quantitative estimate of drug-likeness (QED) is 0.650. The van der Waals surface area contributed by atoms with Crippen molar-refractivity contribution in [2.24, 2.45) is 5.73 Å². The van der Waals surface area contributed by atoms with Crippen LogP contribution in [0, 0.1) is 0 Å². The average molecular weight is 400 g/mol. The van der Waals surface area contributed by atoms with Crippen LogP contribution in [0.5, 0.6) is 11.5 Å². The van der Waals surface area contributed by atoms with Crippen LogP contribution in [0.3, 0.4) is 0 Å². The highest BCUT2D eigenvalue weighted by Crippen LogP contribution is 2.25. The molecule has 154 valence electrons. The molecule has 0 aliphatic carbocycles. The number of methoxy groups -OCH3 is 2. The molecule has 0 aliphatic rings. The molecule has 0 unspecified atom stereocenters. The van der Waals surface area contributed by atoms with Gasteiger partial charge in [-0.2, -0.15) is 0 Å². The van der Waals surface area contributed by atoms with Crippen molar-refractivity contribution in [1.82, 2.24) is 5.32 Å². The molecular formula is C21H24N2O6. The highest BCUT2D eigenvalue weighted by atomic mass is 16.5. The Morgan fingerprint density at radius 2 is 1.62 bits per heavy atom. The van der Waals surface area contributed by atoms with Crippen molar-refractivity contribution in [3.63, 3.8) is 0 Å². The lowest BCUT2D eigenvalue weighted by molar-refractivity contribution is -0.144. The Morgan fingerprint density at radius 1 is 0.966 bits per heavy atom. The molecule has 0 aromatic heterocycles. The summed E-state index contributed by atoms with van der Waals surface area (Å²) in [6.07, 6.45) is 0.288. The SMILES string of the molecule is COC(=O)[C@@H](Cc1ccc(Oc2cccc([C@@H](N)C(=O)OC)c2)cc1)NC(C)=O. The van der Waals surface area contributed by atoms with E-state index < -0.39 is 24.0 Å². The lowest BCUT2D eigenvalue weighted by atomic mass is 10.1. The summed E-state index contributed by atoms with van der Waals surface area (Å²) >= 11 is 0. The van der Waals surface area contributed by atoms with E-state index in [-0.39, 0.29) is 12.3 Å². The molecule has 0 heterocycles. The van der Waals surface area contributed by atoms with Crippen LogP contribution >= 0.6 is 0 Å². The lowest BCUT2D eigenvalue weighted by Crippen LogP contribution is -2.41. The van der Waals surface area contributed by atoms with Crippen LogP contribution in [0.15, 0.2) is 48.5 Å². The van der Waals surface area contributed by atoms with Gasteiger partial charge in [0.15, 0.2) is 0 Å². The predicted octanol–water partition coefficient (Wildman–Crippen LogP) is 1.87. The van der Waals surface area contributed by atoms with Gasteiger partial charge in [0.25, 0.3) is 0 Å². The first kappa shape index (κ1) is 21.9. The minimum atomic E-state index is -0.894. The summed E-state index contributed by atoms with van der Waals surface area (Å²) in [7, 11) is 2.55. The number of ether oxygens (including phenoxy) is 3. The number of nitrogens with one attached hydrogen (secondary N) is 1. The second-order valence-corrected chi connectivity index (χ2v) is 6.30. The molecule has 0 radical (unpaired) electrons. The normalized spacial score (nSPS) is 12.4. The van der Waals surface area contributed by atoms with Crippen molar-refractivity contribution < 1.29 is 28.6 Å². The van der Waals surface area contributed by atoms with E-state index in [2.05, 4.69) is 10.1 Å². The maximum atomic E-state index is 11.8. The first-order valence-corrected chi connectivity index (χ1v) is 8.89. The van der Waals surface area contributed by atoms with Crippen molar-refractivity contribution >= 4 is 17.8 Å². The molecular weight excluding hydrogens is 376 g/mol. The summed E-state index contributed by atoms with van der Waals surface area (Å²) < 4.78 is 15.2. The van der Waals surface area contributed by atoms with Gasteiger partial charge in [-0.15, -0.1) is 0 Å². The van der Waals surface area contributed by atoms with Crippen LogP contribution in [-0.4, -0.2) is 38.1 Å². The Bertz CT molecular complexity index is 866. The number of rotatable bonds is 8. The van der Waals surface area contributed by atoms with E-state index >= 15 is 0 Å². The van der Waals surface area contributed by atoms with Gasteiger partial charge in [-0.05, 0) is 35.4 Å². The Kier molecular flexibility index (Phi) is 7.73. The van der Waals surface area contributed by atoms with Gasteiger partial charge < -0.3 is 25.3 Å². The van der Waals surface area contributed by atoms with Crippen LogP contribution in [0.1, 0.15) is 24.1 Å². The van der Waals surface area contributed by atoms with Gasteiger partial charge in [0, 0.05) is 13.3 Å². The third kappa shape index (κ3) is 6.32. The summed E-state index contributed by atoms with van der Waals surface area (Å²) in [6, 6.07) is 12.3. The fraction of sp³-hybridized carbons (Fsp3) is 0.286. The van der Waals surface area contributed by atoms with E-state index in [9.17, 15) is 14.4 Å². The first-order chi connectivity index (χ1) is 13.8. The average Bonchev–Trinajstić information content (AvgIpc) is 2.72. The van der Waals surface area contributed by atoms with E-state index in [4.69, 9.17) is 15.2 Å². The molecule has 0 aliphatic heterocycles. The standard InChI is InChI=1S/C21H24N2O6/c1-13(24)23-18(20(25)27-2)11-14-7-9-16(10-8-14)29-17-6-4-5-15(12-17)19(22)21(26)28-3/h4-10,12,18-19H,11,22H2,1-3H3,(H,23,24)/t18-,19-/m1/s1. The predicted molar refractivity (Wildman–Crippen MR) is 105 cm³/mol. The summed E-state index contributed by atoms with van der Waals surface area (Å²) in [5.41, 5.74) is 7.24. The van der Waals surface area contributed by atoms with Gasteiger partial charge in [-0.25, -0.2) is 4.79 Å². The number of hydrogen-bond acceptors (Lipinski definition) is 7. The molecule has 29 heavy (non-hydrogen) atoms. The van der Waals surface area contributed by atoms with Gasteiger partial charge in [0.05, 0.1) is 14.2 Å². The van der Waals surface area contributed by atoms with E-state index in [0.717, 1.165) is 5.56 Å². The fourth-order valence-corrected chi connectivity index (χ4v) is 2.68. The largest absolute Gasteiger partial charge is 0.468 e. The van der Waals surface area contributed by atoms with Gasteiger partial charge in [-0.3, -0.25) is 9.59 Å². The maximum absolute atomic E-state index is 11.8. The third-order valence-electron chi connectivity index (χ3n) is 4.13. The molecule has 8 nitrogen and oxygen atoms in total. The molecule has 2 aromatic rings. The number of hydrogen-bond donors (Lipinski definition) is 2. The van der Waals surface area contributed by atoms with Crippen LogP contribution in [0.2, 0.25) is 0 Å². The van der Waals surface area contributed by atoms with Crippen molar-refractivity contribution in [1.29, 1.82) is 0 Å². The molecule has 1 amide bonds. The van der Waals surface area contributed by atoms with Gasteiger partial charge in [0.1, 0.15) is 23.6 Å². The van der Waals surface area contributed by atoms with Crippen LogP contribution < -0.4 is 15.8 Å². The van der Waals surface area contributed by atoms with E-state index in [1.807, 2.05) is 0 Å². The lowest BCUT2D eigenvalue weighted by Gasteiger charge is -2.16. The number of nitrogens with two attached hydrogens (primary N) is 1. The monoisotopic (exact) mass is 400 g/mol. The molecule has 2 atom stereocenters. The summed E-state index contributed by atoms with van der Waals surface area (Å²) in [4.78, 5) is 34.7. The summed E-state index contributed by atoms with van der Waals surface area (Å²) in [6.45, 7) is 1.34. The Labute approximate surface area is 168 Å². The van der Waals surface area contributed by atoms with Crippen molar-refractivity contribution in [3.05, 3.63) is 59.7 Å². The summed E-state index contributed by atoms with van der Waals surface area (Å²) in [5, 5.41) is 2.57. The molecule has 0 fully saturated rings. The van der Waals surface area contributed by atoms with E-state index in [0.29, 0.717) is 17.1 Å². The first-order valence-electron chi connectivity index (χ1n) is 8.89. The fourth-order valence-electron chi connectivity index (χ4n) is 2.68. The zero-order chi connectivity index (χ0) is 21.4. The highest BCUT2D eigenvalue weighted by Gasteiger charge is 2.20. The number of esters is 2. The Balaban J connectivity index is 2.08. The van der Waals surface area contributed by atoms with Gasteiger partial charge >= 0.3 is 11.9 Å². The number of benzene rings is 2. The topological polar surface area (TPSA) is 117 Å². The molecule has 3 N–H and O–H groups in total. The second kappa shape index (κ2) is 10.2. The number of amides is 1. The van der Waals surface area contributed by atoms with E-state index in [1.165, 1.54) is 21.1 Å². The molecule has 0 bridgehead atoms. The van der Waals surface area contributed by atoms with Crippen molar-refractivity contribution in [3.8, 4) is 11.5 Å². The minimum Gasteiger partial charge on any atom is -0.468 e. The van der Waals surface area contributed by atoms with Gasteiger partial charge in [-0.1, -0.05) is 24.3 Å². The maximum Gasteiger partial charge on any atom is 0.328 e. The van der Waals surface area contributed by atoms with Crippen LogP contribution in [-0.2, 0) is 30.3 Å². The van der Waals surface area contributed by atoms with Crippen molar-refractivity contribution in [2.45, 2.75) is 25.4 Å². The molecule has 0 saturated heterocycles. The minimum absolute atomic E-state index is 0.288. The zero-order valence-corrected chi connectivity index (χ0v) is 16.5. The summed E-state index contributed by atoms with van der Waals surface area (Å²) in [5.74, 6) is -0.289. The van der Waals surface area contributed by atoms with Crippen LogP contribution in [0.25, 0.3) is 0 Å².